The molecule has 1 aromatic heterocycles. The molecule has 4 rings (SSSR count). The van der Waals surface area contributed by atoms with E-state index in [1.165, 1.54) is 17.0 Å². The van der Waals surface area contributed by atoms with Gasteiger partial charge in [0.1, 0.15) is 10.6 Å². The maximum Gasteiger partial charge on any atom is 0.265 e. The van der Waals surface area contributed by atoms with Crippen LogP contribution >= 0.6 is 11.6 Å². The van der Waals surface area contributed by atoms with Crippen molar-refractivity contribution in [3.63, 3.8) is 0 Å². The molecule has 0 unspecified atom stereocenters. The minimum atomic E-state index is -4.03. The van der Waals surface area contributed by atoms with Gasteiger partial charge in [0, 0.05) is 13.0 Å². The van der Waals surface area contributed by atoms with Gasteiger partial charge in [-0.1, -0.05) is 34.5 Å². The van der Waals surface area contributed by atoms with Crippen molar-refractivity contribution < 1.29 is 22.5 Å². The Hall–Kier alpha value is -3.11. The molecule has 0 radical (unpaired) electrons. The lowest BCUT2D eigenvalue weighted by Gasteiger charge is -2.29. The van der Waals surface area contributed by atoms with Crippen molar-refractivity contribution in [2.45, 2.75) is 39.1 Å². The van der Waals surface area contributed by atoms with Crippen molar-refractivity contribution in [2.75, 3.05) is 16.2 Å². The molecule has 0 saturated heterocycles. The molecule has 1 N–H and O–H groups in total. The number of ether oxygens (including phenoxy) is 1. The van der Waals surface area contributed by atoms with Crippen molar-refractivity contribution in [1.82, 2.24) is 10.1 Å². The molecule has 2 aromatic carbocycles. The van der Waals surface area contributed by atoms with Crippen LogP contribution in [0.1, 0.15) is 28.4 Å². The fraction of sp³-hybridized carbons (Fsp3) is 0.286. The zero-order valence-electron chi connectivity index (χ0n) is 17.9. The van der Waals surface area contributed by atoms with Crippen molar-refractivity contribution in [3.8, 4) is 5.75 Å². The normalized spacial score (nSPS) is 13.7. The number of hydrogen-bond donors (Lipinski definition) is 1. The summed E-state index contributed by atoms with van der Waals surface area (Å²) in [5.74, 6) is 0.555. The molecule has 0 fully saturated rings. The minimum absolute atomic E-state index is 0.0367. The van der Waals surface area contributed by atoms with E-state index in [9.17, 15) is 13.2 Å². The van der Waals surface area contributed by atoms with Gasteiger partial charge in [0.05, 0.1) is 22.9 Å². The number of hydrogen-bond acceptors (Lipinski definition) is 7. The fourth-order valence-electron chi connectivity index (χ4n) is 3.66. The van der Waals surface area contributed by atoms with E-state index < -0.39 is 10.0 Å². The smallest absolute Gasteiger partial charge is 0.265 e. The summed E-state index contributed by atoms with van der Waals surface area (Å²) in [6, 6.07) is 6.50. The lowest BCUT2D eigenvalue weighted by atomic mass is 10.1. The maximum absolute atomic E-state index is 13.2. The van der Waals surface area contributed by atoms with Crippen LogP contribution in [0.15, 0.2) is 33.7 Å². The van der Waals surface area contributed by atoms with E-state index in [1.54, 1.807) is 6.92 Å². The molecular formula is C21H21ClN4O5S. The summed E-state index contributed by atoms with van der Waals surface area (Å²) < 4.78 is 39.4. The number of nitrogens with one attached hydrogen (secondary N) is 1. The number of rotatable bonds is 5. The minimum Gasteiger partial charge on any atom is -0.482 e. The van der Waals surface area contributed by atoms with E-state index in [1.807, 2.05) is 32.9 Å². The van der Waals surface area contributed by atoms with Crippen LogP contribution in [-0.4, -0.2) is 31.1 Å². The summed E-state index contributed by atoms with van der Waals surface area (Å²) in [5, 5.41) is 3.76. The van der Waals surface area contributed by atoms with Crippen LogP contribution in [0, 0.1) is 27.7 Å². The first-order valence-corrected chi connectivity index (χ1v) is 11.6. The van der Waals surface area contributed by atoms with Crippen molar-refractivity contribution >= 4 is 38.9 Å². The predicted molar refractivity (Wildman–Crippen MR) is 119 cm³/mol. The summed E-state index contributed by atoms with van der Waals surface area (Å²) in [7, 11) is -4.03. The molecule has 2 heterocycles. The van der Waals surface area contributed by atoms with Gasteiger partial charge >= 0.3 is 0 Å². The van der Waals surface area contributed by atoms with E-state index in [0.717, 1.165) is 16.7 Å². The van der Waals surface area contributed by atoms with Crippen LogP contribution in [0.3, 0.4) is 0 Å². The zero-order chi connectivity index (χ0) is 23.2. The summed E-state index contributed by atoms with van der Waals surface area (Å²) in [4.78, 5) is 17.8. The Kier molecular flexibility index (Phi) is 5.59. The van der Waals surface area contributed by atoms with Gasteiger partial charge in [-0.2, -0.15) is 4.98 Å². The maximum atomic E-state index is 13.2. The summed E-state index contributed by atoms with van der Waals surface area (Å²) in [6.07, 6.45) is 0. The number of sulfonamides is 1. The van der Waals surface area contributed by atoms with Crippen LogP contribution < -0.4 is 14.4 Å². The Labute approximate surface area is 190 Å². The standard InChI is InChI=1S/C21H21ClN4O5S/c1-11-5-12(2)21(13(3)6-11)25-32(28,29)18-8-17-16(7-15(18)22)26(20(27)10-30-17)9-19-23-14(4)31-24-19/h5-8,25H,9-10H2,1-4H3. The second-order valence-electron chi connectivity index (χ2n) is 7.63. The Bertz CT molecular complexity index is 1310. The third-order valence-corrected chi connectivity index (χ3v) is 6.84. The van der Waals surface area contributed by atoms with Crippen LogP contribution in [0.25, 0.3) is 0 Å². The largest absolute Gasteiger partial charge is 0.482 e. The fourth-order valence-corrected chi connectivity index (χ4v) is 5.40. The average molecular weight is 477 g/mol. The number of benzene rings is 2. The van der Waals surface area contributed by atoms with E-state index in [4.69, 9.17) is 20.9 Å². The highest BCUT2D eigenvalue weighted by atomic mass is 35.5. The third-order valence-electron chi connectivity index (χ3n) is 5.03. The molecule has 168 valence electrons. The lowest BCUT2D eigenvalue weighted by molar-refractivity contribution is -0.121. The molecule has 0 spiro atoms. The first-order chi connectivity index (χ1) is 15.0. The van der Waals surface area contributed by atoms with Crippen molar-refractivity contribution in [1.29, 1.82) is 0 Å². The van der Waals surface area contributed by atoms with Gasteiger partial charge in [0.2, 0.25) is 5.89 Å². The van der Waals surface area contributed by atoms with Crippen LogP contribution in [0.4, 0.5) is 11.4 Å². The molecule has 1 aliphatic heterocycles. The zero-order valence-corrected chi connectivity index (χ0v) is 19.5. The highest BCUT2D eigenvalue weighted by Crippen LogP contribution is 2.40. The van der Waals surface area contributed by atoms with Crippen molar-refractivity contribution in [2.24, 2.45) is 0 Å². The lowest BCUT2D eigenvalue weighted by Crippen LogP contribution is -2.38. The highest BCUT2D eigenvalue weighted by molar-refractivity contribution is 7.92. The number of nitrogens with zero attached hydrogens (tertiary/aromatic N) is 3. The van der Waals surface area contributed by atoms with E-state index >= 15 is 0 Å². The van der Waals surface area contributed by atoms with Crippen LogP contribution in [-0.2, 0) is 21.4 Å². The summed E-state index contributed by atoms with van der Waals surface area (Å²) in [5.41, 5.74) is 3.45. The number of fused-ring (bicyclic) bond motifs is 1. The van der Waals surface area contributed by atoms with Gasteiger partial charge in [-0.25, -0.2) is 8.42 Å². The molecule has 0 saturated carbocycles. The number of anilines is 2. The van der Waals surface area contributed by atoms with E-state index in [0.29, 0.717) is 23.1 Å². The van der Waals surface area contributed by atoms with E-state index in [2.05, 4.69) is 14.9 Å². The number of aryl methyl sites for hydroxylation is 4. The Morgan fingerprint density at radius 1 is 1.12 bits per heavy atom. The molecule has 1 amide bonds. The van der Waals surface area contributed by atoms with Crippen LogP contribution in [0.2, 0.25) is 5.02 Å². The number of aromatic nitrogens is 2. The quantitative estimate of drug-likeness (QED) is 0.597. The van der Waals surface area contributed by atoms with E-state index in [-0.39, 0.29) is 34.7 Å². The van der Waals surface area contributed by atoms with Gasteiger partial charge in [-0.3, -0.25) is 14.4 Å². The van der Waals surface area contributed by atoms with Gasteiger partial charge in [-0.15, -0.1) is 0 Å². The average Bonchev–Trinajstić information content (AvgIpc) is 3.11. The molecule has 0 atom stereocenters. The SMILES string of the molecule is Cc1cc(C)c(NS(=O)(=O)c2cc3c(cc2Cl)N(Cc2noc(C)n2)C(=O)CO3)c(C)c1. The molecule has 9 nitrogen and oxygen atoms in total. The topological polar surface area (TPSA) is 115 Å². The summed E-state index contributed by atoms with van der Waals surface area (Å²) >= 11 is 6.37. The molecule has 3 aromatic rings. The monoisotopic (exact) mass is 476 g/mol. The van der Waals surface area contributed by atoms with Crippen LogP contribution in [0.5, 0.6) is 5.75 Å². The van der Waals surface area contributed by atoms with Gasteiger partial charge < -0.3 is 9.26 Å². The number of carbonyl (C=O) groups excluding carboxylic acids is 1. The first-order valence-electron chi connectivity index (χ1n) is 9.71. The first kappa shape index (κ1) is 22.1. The molecule has 0 bridgehead atoms. The molecule has 0 aliphatic carbocycles. The Morgan fingerprint density at radius 2 is 1.81 bits per heavy atom. The molecule has 11 heteroatoms. The van der Waals surface area contributed by atoms with Gasteiger partial charge in [0.25, 0.3) is 15.9 Å². The second-order valence-corrected chi connectivity index (χ2v) is 9.69. The number of halogens is 1. The molecular weight excluding hydrogens is 456 g/mol. The number of amides is 1. The second kappa shape index (κ2) is 8.10. The van der Waals surface area contributed by atoms with Gasteiger partial charge in [-0.05, 0) is 38.0 Å². The van der Waals surface area contributed by atoms with Crippen molar-refractivity contribution in [3.05, 3.63) is 57.7 Å². The molecule has 32 heavy (non-hydrogen) atoms. The Morgan fingerprint density at radius 3 is 2.44 bits per heavy atom. The molecule has 1 aliphatic rings. The predicted octanol–water partition coefficient (Wildman–Crippen LogP) is 3.68. The summed E-state index contributed by atoms with van der Waals surface area (Å²) in [6.45, 7) is 7.03. The highest BCUT2D eigenvalue weighted by Gasteiger charge is 2.31. The Balaban J connectivity index is 1.71. The van der Waals surface area contributed by atoms with Gasteiger partial charge in [0.15, 0.2) is 12.4 Å². The third kappa shape index (κ3) is 4.15. The number of carbonyl (C=O) groups is 1.